The molecule has 0 spiro atoms. The second-order valence-corrected chi connectivity index (χ2v) is 5.36. The average molecular weight is 251 g/mol. The zero-order valence-electron chi connectivity index (χ0n) is 12.0. The molecule has 1 atom stereocenters. The molecule has 1 N–H and O–H groups in total. The molecule has 3 nitrogen and oxygen atoms in total. The number of hydrogen-bond donors (Lipinski definition) is 1. The van der Waals surface area contributed by atoms with Crippen molar-refractivity contribution in [3.8, 4) is 0 Å². The van der Waals surface area contributed by atoms with Crippen molar-refractivity contribution in [2.24, 2.45) is 5.92 Å². The summed E-state index contributed by atoms with van der Waals surface area (Å²) in [5.74, 6) is 2.84. The lowest BCUT2D eigenvalue weighted by Crippen LogP contribution is -2.34. The minimum atomic E-state index is 0.412. The zero-order chi connectivity index (χ0) is 13.1. The van der Waals surface area contributed by atoms with E-state index in [1.54, 1.807) is 0 Å². The van der Waals surface area contributed by atoms with Crippen LogP contribution in [0.3, 0.4) is 0 Å². The molecule has 1 aromatic heterocycles. The van der Waals surface area contributed by atoms with E-state index in [9.17, 15) is 0 Å². The van der Waals surface area contributed by atoms with Gasteiger partial charge in [0, 0.05) is 18.2 Å². The number of nitrogens with one attached hydrogen (secondary N) is 1. The Hall–Kier alpha value is -0.800. The summed E-state index contributed by atoms with van der Waals surface area (Å²) in [5.41, 5.74) is 1.31. The molecule has 1 unspecified atom stereocenters. The summed E-state index contributed by atoms with van der Waals surface area (Å²) in [5, 5.41) is 3.42. The highest BCUT2D eigenvalue weighted by Gasteiger charge is 2.32. The first-order valence-electron chi connectivity index (χ1n) is 6.99. The SMILES string of the molecule is CCOC1CC(CC(NC)c2cc(C)oc2C)C1. The number of hydrogen-bond acceptors (Lipinski definition) is 3. The average Bonchev–Trinajstić information content (AvgIpc) is 2.61. The molecular weight excluding hydrogens is 226 g/mol. The van der Waals surface area contributed by atoms with Gasteiger partial charge in [0.05, 0.1) is 6.10 Å². The van der Waals surface area contributed by atoms with Crippen molar-refractivity contribution in [1.82, 2.24) is 5.32 Å². The predicted octanol–water partition coefficient (Wildman–Crippen LogP) is 3.36. The van der Waals surface area contributed by atoms with Gasteiger partial charge in [0.15, 0.2) is 0 Å². The van der Waals surface area contributed by atoms with Crippen molar-refractivity contribution in [1.29, 1.82) is 0 Å². The van der Waals surface area contributed by atoms with Crippen molar-refractivity contribution >= 4 is 0 Å². The smallest absolute Gasteiger partial charge is 0.105 e. The summed E-state index contributed by atoms with van der Waals surface area (Å²) in [7, 11) is 2.03. The minimum Gasteiger partial charge on any atom is -0.466 e. The molecule has 1 heterocycles. The van der Waals surface area contributed by atoms with E-state index in [0.717, 1.165) is 24.0 Å². The molecule has 0 bridgehead atoms. The number of aryl methyl sites for hydroxylation is 2. The number of ether oxygens (including phenoxy) is 1. The van der Waals surface area contributed by atoms with Crippen LogP contribution in [0.2, 0.25) is 0 Å². The van der Waals surface area contributed by atoms with Gasteiger partial charge in [-0.3, -0.25) is 0 Å². The summed E-state index contributed by atoms with van der Waals surface area (Å²) in [6, 6.07) is 2.57. The normalized spacial score (nSPS) is 24.9. The van der Waals surface area contributed by atoms with Crippen LogP contribution in [0.5, 0.6) is 0 Å². The summed E-state index contributed by atoms with van der Waals surface area (Å²) < 4.78 is 11.2. The third-order valence-electron chi connectivity index (χ3n) is 3.97. The Labute approximate surface area is 110 Å². The topological polar surface area (TPSA) is 34.4 Å². The van der Waals surface area contributed by atoms with Gasteiger partial charge in [-0.25, -0.2) is 0 Å². The van der Waals surface area contributed by atoms with Crippen LogP contribution in [-0.4, -0.2) is 19.8 Å². The zero-order valence-corrected chi connectivity index (χ0v) is 12.0. The molecule has 0 radical (unpaired) electrons. The van der Waals surface area contributed by atoms with Crippen LogP contribution in [0, 0.1) is 19.8 Å². The molecule has 2 rings (SSSR count). The van der Waals surface area contributed by atoms with Gasteiger partial charge in [0.25, 0.3) is 0 Å². The Morgan fingerprint density at radius 1 is 1.44 bits per heavy atom. The maximum Gasteiger partial charge on any atom is 0.105 e. The molecule has 1 aliphatic rings. The second-order valence-electron chi connectivity index (χ2n) is 5.36. The first-order valence-corrected chi connectivity index (χ1v) is 6.99. The Kier molecular flexibility index (Phi) is 4.46. The van der Waals surface area contributed by atoms with E-state index in [1.165, 1.54) is 24.8 Å². The standard InChI is InChI=1S/C15H25NO2/c1-5-17-13-7-12(8-13)9-15(16-4)14-6-10(2)18-11(14)3/h6,12-13,15-16H,5,7-9H2,1-4H3. The highest BCUT2D eigenvalue weighted by atomic mass is 16.5. The highest BCUT2D eigenvalue weighted by Crippen LogP contribution is 2.37. The van der Waals surface area contributed by atoms with Gasteiger partial charge in [0.1, 0.15) is 11.5 Å². The van der Waals surface area contributed by atoms with Gasteiger partial charge < -0.3 is 14.5 Å². The third-order valence-corrected chi connectivity index (χ3v) is 3.97. The molecule has 3 heteroatoms. The van der Waals surface area contributed by atoms with E-state index in [1.807, 2.05) is 14.0 Å². The van der Waals surface area contributed by atoms with Gasteiger partial charge in [-0.1, -0.05) is 0 Å². The van der Waals surface area contributed by atoms with Crippen LogP contribution >= 0.6 is 0 Å². The number of furan rings is 1. The van der Waals surface area contributed by atoms with Crippen LogP contribution in [0.4, 0.5) is 0 Å². The largest absolute Gasteiger partial charge is 0.466 e. The quantitative estimate of drug-likeness (QED) is 0.842. The van der Waals surface area contributed by atoms with E-state index in [2.05, 4.69) is 25.2 Å². The van der Waals surface area contributed by atoms with Gasteiger partial charge in [-0.15, -0.1) is 0 Å². The van der Waals surface area contributed by atoms with Crippen molar-refractivity contribution < 1.29 is 9.15 Å². The lowest BCUT2D eigenvalue weighted by atomic mass is 9.77. The summed E-state index contributed by atoms with van der Waals surface area (Å²) >= 11 is 0. The molecule has 1 aromatic rings. The fourth-order valence-electron chi connectivity index (χ4n) is 2.97. The molecule has 0 saturated heterocycles. The Balaban J connectivity index is 1.89. The van der Waals surface area contributed by atoms with E-state index < -0.39 is 0 Å². The van der Waals surface area contributed by atoms with E-state index in [0.29, 0.717) is 12.1 Å². The Morgan fingerprint density at radius 2 is 2.17 bits per heavy atom. The predicted molar refractivity (Wildman–Crippen MR) is 72.7 cm³/mol. The fourth-order valence-corrected chi connectivity index (χ4v) is 2.97. The number of rotatable bonds is 6. The van der Waals surface area contributed by atoms with Gasteiger partial charge in [-0.2, -0.15) is 0 Å². The molecule has 1 aliphatic carbocycles. The van der Waals surface area contributed by atoms with Gasteiger partial charge in [0.2, 0.25) is 0 Å². The van der Waals surface area contributed by atoms with Crippen LogP contribution < -0.4 is 5.32 Å². The molecule has 18 heavy (non-hydrogen) atoms. The summed E-state index contributed by atoms with van der Waals surface area (Å²) in [6.45, 7) is 6.97. The Morgan fingerprint density at radius 3 is 2.67 bits per heavy atom. The fraction of sp³-hybridized carbons (Fsp3) is 0.733. The lowest BCUT2D eigenvalue weighted by Gasteiger charge is -2.37. The maximum atomic E-state index is 5.63. The monoisotopic (exact) mass is 251 g/mol. The Bertz CT molecular complexity index is 380. The molecule has 0 aromatic carbocycles. The van der Waals surface area contributed by atoms with Gasteiger partial charge >= 0.3 is 0 Å². The molecule has 0 aliphatic heterocycles. The van der Waals surface area contributed by atoms with Crippen LogP contribution in [0.15, 0.2) is 10.5 Å². The minimum absolute atomic E-state index is 0.412. The second kappa shape index (κ2) is 5.89. The maximum absolute atomic E-state index is 5.63. The van der Waals surface area contributed by atoms with E-state index in [-0.39, 0.29) is 0 Å². The van der Waals surface area contributed by atoms with Crippen molar-refractivity contribution in [3.05, 3.63) is 23.2 Å². The third kappa shape index (κ3) is 2.96. The molecule has 1 fully saturated rings. The van der Waals surface area contributed by atoms with Crippen LogP contribution in [0.1, 0.15) is 49.3 Å². The molecule has 0 amide bonds. The van der Waals surface area contributed by atoms with Crippen LogP contribution in [-0.2, 0) is 4.74 Å². The van der Waals surface area contributed by atoms with E-state index >= 15 is 0 Å². The van der Waals surface area contributed by atoms with E-state index in [4.69, 9.17) is 9.15 Å². The first kappa shape index (κ1) is 13.6. The van der Waals surface area contributed by atoms with Gasteiger partial charge in [-0.05, 0) is 59.1 Å². The summed E-state index contributed by atoms with van der Waals surface area (Å²) in [4.78, 5) is 0. The van der Waals surface area contributed by atoms with Crippen molar-refractivity contribution in [3.63, 3.8) is 0 Å². The van der Waals surface area contributed by atoms with Crippen molar-refractivity contribution in [2.45, 2.75) is 52.2 Å². The van der Waals surface area contributed by atoms with Crippen LogP contribution in [0.25, 0.3) is 0 Å². The first-order chi connectivity index (χ1) is 8.63. The van der Waals surface area contributed by atoms with Crippen molar-refractivity contribution in [2.75, 3.05) is 13.7 Å². The summed E-state index contributed by atoms with van der Waals surface area (Å²) in [6.07, 6.45) is 4.11. The lowest BCUT2D eigenvalue weighted by molar-refractivity contribution is -0.0290. The molecular formula is C15H25NO2. The molecule has 102 valence electrons. The highest BCUT2D eigenvalue weighted by molar-refractivity contribution is 5.24. The molecule has 1 saturated carbocycles.